The largest absolute Gasteiger partial charge is 0.335 e. The van der Waals surface area contributed by atoms with Crippen LogP contribution in [0.2, 0.25) is 0 Å². The molecule has 1 aromatic carbocycles. The van der Waals surface area contributed by atoms with E-state index >= 15 is 0 Å². The molecule has 1 heterocycles. The Labute approximate surface area is 170 Å². The Morgan fingerprint density at radius 2 is 1.83 bits per heavy atom. The molecule has 1 saturated heterocycles. The van der Waals surface area contributed by atoms with E-state index < -0.39 is 36.0 Å². The fourth-order valence-electron chi connectivity index (χ4n) is 3.97. The lowest BCUT2D eigenvalue weighted by Crippen LogP contribution is -2.50. The Morgan fingerprint density at radius 1 is 1.17 bits per heavy atom. The Morgan fingerprint density at radius 3 is 2.48 bits per heavy atom. The van der Waals surface area contributed by atoms with Gasteiger partial charge in [-0.15, -0.1) is 0 Å². The fraction of sp³-hybridized carbons (Fsp3) is 0.524. The summed E-state index contributed by atoms with van der Waals surface area (Å²) in [5, 5.41) is 7.70. The summed E-state index contributed by atoms with van der Waals surface area (Å²) in [6, 6.07) is 6.03. The fourth-order valence-corrected chi connectivity index (χ4v) is 3.97. The van der Waals surface area contributed by atoms with Crippen molar-refractivity contribution < 1.29 is 19.2 Å². The van der Waals surface area contributed by atoms with Gasteiger partial charge in [0.05, 0.1) is 0 Å². The zero-order valence-corrected chi connectivity index (χ0v) is 17.1. The van der Waals surface area contributed by atoms with Gasteiger partial charge in [-0.25, -0.2) is 9.59 Å². The average molecular weight is 400 g/mol. The van der Waals surface area contributed by atoms with Crippen molar-refractivity contribution in [3.05, 3.63) is 35.4 Å². The molecule has 0 aromatic heterocycles. The second-order valence-corrected chi connectivity index (χ2v) is 8.20. The minimum atomic E-state index is -1.25. The number of nitrogens with zero attached hydrogens (tertiary/aromatic N) is 1. The Kier molecular flexibility index (Phi) is 5.91. The summed E-state index contributed by atoms with van der Waals surface area (Å²) >= 11 is 0. The van der Waals surface area contributed by atoms with Crippen LogP contribution in [0.4, 0.5) is 9.59 Å². The van der Waals surface area contributed by atoms with Gasteiger partial charge in [-0.1, -0.05) is 49.6 Å². The molecule has 1 aliphatic carbocycles. The quantitative estimate of drug-likeness (QED) is 0.673. The molecule has 0 radical (unpaired) electrons. The van der Waals surface area contributed by atoms with Crippen molar-refractivity contribution >= 4 is 23.9 Å². The molecule has 0 spiro atoms. The first kappa shape index (κ1) is 20.8. The number of rotatable bonds is 4. The third-order valence-electron chi connectivity index (χ3n) is 5.89. The number of urea groups is 2. The zero-order valence-electron chi connectivity index (χ0n) is 17.1. The molecule has 29 heavy (non-hydrogen) atoms. The summed E-state index contributed by atoms with van der Waals surface area (Å²) in [7, 11) is 0. The second-order valence-electron chi connectivity index (χ2n) is 8.20. The average Bonchev–Trinajstić information content (AvgIpc) is 2.88. The number of aryl methyl sites for hydroxylation is 1. The SMILES string of the molecule is Cc1ccc([C@]2(C)NC(=O)N(CC(=O)NC(=O)N[C@@H]3CCCC[C@@H]3C)C2=O)cc1. The molecule has 6 amide bonds. The van der Waals surface area contributed by atoms with Crippen molar-refractivity contribution in [1.29, 1.82) is 0 Å². The summed E-state index contributed by atoms with van der Waals surface area (Å²) in [6.45, 7) is 5.09. The van der Waals surface area contributed by atoms with Crippen LogP contribution in [0.5, 0.6) is 0 Å². The molecular weight excluding hydrogens is 372 g/mol. The number of benzene rings is 1. The summed E-state index contributed by atoms with van der Waals surface area (Å²) in [5.41, 5.74) is 0.419. The lowest BCUT2D eigenvalue weighted by Gasteiger charge is -2.29. The van der Waals surface area contributed by atoms with Crippen molar-refractivity contribution in [2.24, 2.45) is 5.92 Å². The van der Waals surface area contributed by atoms with E-state index in [1.54, 1.807) is 19.1 Å². The van der Waals surface area contributed by atoms with Crippen molar-refractivity contribution in [3.63, 3.8) is 0 Å². The number of carbonyl (C=O) groups excluding carboxylic acids is 4. The standard InChI is InChI=1S/C21H28N4O4/c1-13-8-10-15(11-9-13)21(3)18(27)25(20(29)24-21)12-17(26)23-19(28)22-16-7-5-4-6-14(16)2/h8-11,14,16H,4-7,12H2,1-3H3,(H,24,29)(H2,22,23,26,28)/t14-,16+,21-/m0/s1. The van der Waals surface area contributed by atoms with Crippen LogP contribution in [0.25, 0.3) is 0 Å². The van der Waals surface area contributed by atoms with E-state index in [4.69, 9.17) is 0 Å². The second kappa shape index (κ2) is 8.23. The highest BCUT2D eigenvalue weighted by Gasteiger charge is 2.49. The van der Waals surface area contributed by atoms with Crippen molar-refractivity contribution in [1.82, 2.24) is 20.9 Å². The molecule has 1 aliphatic heterocycles. The molecule has 8 heteroatoms. The Hall–Kier alpha value is -2.90. The number of imide groups is 2. The number of hydrogen-bond acceptors (Lipinski definition) is 4. The van der Waals surface area contributed by atoms with Gasteiger partial charge in [-0.05, 0) is 38.2 Å². The minimum absolute atomic E-state index is 0.0260. The first-order chi connectivity index (χ1) is 13.7. The molecule has 1 saturated carbocycles. The van der Waals surface area contributed by atoms with Crippen LogP contribution in [-0.2, 0) is 15.1 Å². The minimum Gasteiger partial charge on any atom is -0.335 e. The van der Waals surface area contributed by atoms with E-state index in [9.17, 15) is 19.2 Å². The van der Waals surface area contributed by atoms with Crippen LogP contribution < -0.4 is 16.0 Å². The predicted octanol–water partition coefficient (Wildman–Crippen LogP) is 2.17. The molecular formula is C21H28N4O4. The molecule has 1 aromatic rings. The maximum absolute atomic E-state index is 12.9. The van der Waals surface area contributed by atoms with Crippen LogP contribution in [0.3, 0.4) is 0 Å². The molecule has 3 N–H and O–H groups in total. The monoisotopic (exact) mass is 400 g/mol. The smallest absolute Gasteiger partial charge is 0.325 e. The summed E-state index contributed by atoms with van der Waals surface area (Å²) < 4.78 is 0. The molecule has 3 rings (SSSR count). The molecule has 2 aliphatic rings. The van der Waals surface area contributed by atoms with Crippen LogP contribution >= 0.6 is 0 Å². The number of hydrogen-bond donors (Lipinski definition) is 3. The van der Waals surface area contributed by atoms with Gasteiger partial charge in [0.2, 0.25) is 5.91 Å². The van der Waals surface area contributed by atoms with E-state index in [1.165, 1.54) is 0 Å². The van der Waals surface area contributed by atoms with Crippen LogP contribution in [-0.4, -0.2) is 41.4 Å². The van der Waals surface area contributed by atoms with Gasteiger partial charge in [0, 0.05) is 6.04 Å². The molecule has 156 valence electrons. The van der Waals surface area contributed by atoms with Gasteiger partial charge in [0.15, 0.2) is 0 Å². The van der Waals surface area contributed by atoms with E-state index in [-0.39, 0.29) is 6.04 Å². The van der Waals surface area contributed by atoms with Gasteiger partial charge in [0.25, 0.3) is 5.91 Å². The molecule has 8 nitrogen and oxygen atoms in total. The third-order valence-corrected chi connectivity index (χ3v) is 5.89. The number of carbonyl (C=O) groups is 4. The maximum atomic E-state index is 12.9. The van der Waals surface area contributed by atoms with Crippen LogP contribution in [0.1, 0.15) is 50.7 Å². The normalized spacial score (nSPS) is 26.8. The van der Waals surface area contributed by atoms with E-state index in [0.717, 1.165) is 36.1 Å². The molecule has 0 unspecified atom stereocenters. The summed E-state index contributed by atoms with van der Waals surface area (Å²) in [5.74, 6) is -0.879. The van der Waals surface area contributed by atoms with E-state index in [1.807, 2.05) is 19.1 Å². The molecule has 3 atom stereocenters. The number of nitrogens with one attached hydrogen (secondary N) is 3. The zero-order chi connectivity index (χ0) is 21.2. The highest BCUT2D eigenvalue weighted by molar-refractivity contribution is 6.10. The highest BCUT2D eigenvalue weighted by Crippen LogP contribution is 2.29. The highest BCUT2D eigenvalue weighted by atomic mass is 16.2. The summed E-state index contributed by atoms with van der Waals surface area (Å²) in [4.78, 5) is 50.4. The Balaban J connectivity index is 1.60. The van der Waals surface area contributed by atoms with E-state index in [2.05, 4.69) is 22.9 Å². The van der Waals surface area contributed by atoms with Crippen LogP contribution in [0, 0.1) is 12.8 Å². The topological polar surface area (TPSA) is 108 Å². The third kappa shape index (κ3) is 4.41. The van der Waals surface area contributed by atoms with Gasteiger partial charge in [0.1, 0.15) is 12.1 Å². The number of amides is 6. The molecule has 2 fully saturated rings. The van der Waals surface area contributed by atoms with Gasteiger partial charge < -0.3 is 10.6 Å². The van der Waals surface area contributed by atoms with Gasteiger partial charge in [-0.3, -0.25) is 19.8 Å². The van der Waals surface area contributed by atoms with E-state index in [0.29, 0.717) is 11.5 Å². The maximum Gasteiger partial charge on any atom is 0.325 e. The van der Waals surface area contributed by atoms with Crippen molar-refractivity contribution in [2.75, 3.05) is 6.54 Å². The van der Waals surface area contributed by atoms with Gasteiger partial charge in [-0.2, -0.15) is 0 Å². The van der Waals surface area contributed by atoms with Crippen molar-refractivity contribution in [3.8, 4) is 0 Å². The first-order valence-corrected chi connectivity index (χ1v) is 10.0. The molecule has 0 bridgehead atoms. The lowest BCUT2D eigenvalue weighted by molar-refractivity contribution is -0.134. The van der Waals surface area contributed by atoms with Crippen LogP contribution in [0.15, 0.2) is 24.3 Å². The van der Waals surface area contributed by atoms with Gasteiger partial charge >= 0.3 is 12.1 Å². The Bertz CT molecular complexity index is 822. The van der Waals surface area contributed by atoms with Crippen molar-refractivity contribution in [2.45, 2.75) is 58.0 Å². The summed E-state index contributed by atoms with van der Waals surface area (Å²) in [6.07, 6.45) is 4.11. The first-order valence-electron chi connectivity index (χ1n) is 10.0. The lowest BCUT2D eigenvalue weighted by atomic mass is 9.86. The predicted molar refractivity (Wildman–Crippen MR) is 107 cm³/mol.